The van der Waals surface area contributed by atoms with Gasteiger partial charge in [0, 0.05) is 5.69 Å². The van der Waals surface area contributed by atoms with Crippen LogP contribution < -0.4 is 5.32 Å². The predicted octanol–water partition coefficient (Wildman–Crippen LogP) is 2.54. The standard InChI is InChI=1S/C12H8ClNO2/c13-11(15)12(16)14-10-6-5-8-3-1-2-4-9(8)7-10/h1-7H,(H,14,16). The van der Waals surface area contributed by atoms with E-state index < -0.39 is 11.1 Å². The SMILES string of the molecule is O=C(Cl)C(=O)Nc1ccc2ccccc2c1. The molecule has 3 nitrogen and oxygen atoms in total. The van der Waals surface area contributed by atoms with Gasteiger partial charge in [0.25, 0.3) is 0 Å². The van der Waals surface area contributed by atoms with Crippen molar-refractivity contribution in [3.05, 3.63) is 42.5 Å². The molecule has 0 heterocycles. The van der Waals surface area contributed by atoms with Gasteiger partial charge in [0.2, 0.25) is 0 Å². The van der Waals surface area contributed by atoms with Crippen molar-refractivity contribution in [3.8, 4) is 0 Å². The zero-order valence-electron chi connectivity index (χ0n) is 8.24. The number of amides is 1. The summed E-state index contributed by atoms with van der Waals surface area (Å²) in [6, 6.07) is 13.1. The first kappa shape index (κ1) is 10.6. The van der Waals surface area contributed by atoms with Crippen LogP contribution >= 0.6 is 11.6 Å². The summed E-state index contributed by atoms with van der Waals surface area (Å²) in [5.41, 5.74) is 0.553. The van der Waals surface area contributed by atoms with E-state index in [-0.39, 0.29) is 0 Å². The molecule has 0 aliphatic rings. The number of nitrogens with one attached hydrogen (secondary N) is 1. The number of halogens is 1. The number of anilines is 1. The highest BCUT2D eigenvalue weighted by atomic mass is 35.5. The van der Waals surface area contributed by atoms with Gasteiger partial charge in [-0.1, -0.05) is 30.3 Å². The number of rotatable bonds is 2. The van der Waals surface area contributed by atoms with Crippen LogP contribution in [0.25, 0.3) is 10.8 Å². The minimum atomic E-state index is -1.02. The maximum absolute atomic E-state index is 11.1. The second kappa shape index (κ2) is 4.33. The Morgan fingerprint density at radius 2 is 1.69 bits per heavy atom. The van der Waals surface area contributed by atoms with E-state index in [0.717, 1.165) is 10.8 Å². The fourth-order valence-electron chi connectivity index (χ4n) is 1.45. The molecule has 0 saturated heterocycles. The van der Waals surface area contributed by atoms with Gasteiger partial charge in [0.05, 0.1) is 0 Å². The van der Waals surface area contributed by atoms with E-state index in [9.17, 15) is 9.59 Å². The molecular formula is C12H8ClNO2. The second-order valence-electron chi connectivity index (χ2n) is 3.29. The summed E-state index contributed by atoms with van der Waals surface area (Å²) < 4.78 is 0. The summed E-state index contributed by atoms with van der Waals surface area (Å²) in [7, 11) is 0. The maximum atomic E-state index is 11.1. The lowest BCUT2D eigenvalue weighted by Crippen LogP contribution is -2.17. The van der Waals surface area contributed by atoms with Crippen molar-refractivity contribution in [1.29, 1.82) is 0 Å². The van der Waals surface area contributed by atoms with Gasteiger partial charge in [0.1, 0.15) is 0 Å². The van der Waals surface area contributed by atoms with Crippen LogP contribution in [-0.4, -0.2) is 11.1 Å². The third-order valence-corrected chi connectivity index (χ3v) is 2.36. The molecule has 2 aromatic carbocycles. The van der Waals surface area contributed by atoms with E-state index in [4.69, 9.17) is 11.6 Å². The number of hydrogen-bond donors (Lipinski definition) is 1. The molecule has 2 rings (SSSR count). The van der Waals surface area contributed by atoms with E-state index in [1.54, 1.807) is 12.1 Å². The third kappa shape index (κ3) is 2.20. The van der Waals surface area contributed by atoms with Crippen LogP contribution in [0.3, 0.4) is 0 Å². The zero-order valence-corrected chi connectivity index (χ0v) is 8.99. The molecule has 0 saturated carbocycles. The topological polar surface area (TPSA) is 46.2 Å². The molecule has 0 fully saturated rings. The molecular weight excluding hydrogens is 226 g/mol. The summed E-state index contributed by atoms with van der Waals surface area (Å²) in [5, 5.41) is 3.45. The molecule has 16 heavy (non-hydrogen) atoms. The Morgan fingerprint density at radius 3 is 2.38 bits per heavy atom. The number of benzene rings is 2. The Balaban J connectivity index is 2.33. The van der Waals surface area contributed by atoms with Gasteiger partial charge in [-0.05, 0) is 34.5 Å². The van der Waals surface area contributed by atoms with E-state index >= 15 is 0 Å². The first-order chi connectivity index (χ1) is 7.66. The molecule has 0 spiro atoms. The van der Waals surface area contributed by atoms with Crippen LogP contribution in [0.1, 0.15) is 0 Å². The van der Waals surface area contributed by atoms with Gasteiger partial charge >= 0.3 is 11.1 Å². The highest BCUT2D eigenvalue weighted by molar-refractivity contribution is 6.82. The fourth-order valence-corrected chi connectivity index (χ4v) is 1.49. The summed E-state index contributed by atoms with van der Waals surface area (Å²) in [5.74, 6) is -0.822. The quantitative estimate of drug-likeness (QED) is 0.640. The molecule has 0 atom stereocenters. The molecule has 2 aromatic rings. The van der Waals surface area contributed by atoms with Crippen LogP contribution in [-0.2, 0) is 9.59 Å². The van der Waals surface area contributed by atoms with Crippen molar-refractivity contribution < 1.29 is 9.59 Å². The molecule has 0 aliphatic carbocycles. The molecule has 1 N–H and O–H groups in total. The van der Waals surface area contributed by atoms with E-state index in [1.165, 1.54) is 0 Å². The number of hydrogen-bond acceptors (Lipinski definition) is 2. The molecule has 0 radical (unpaired) electrons. The van der Waals surface area contributed by atoms with Crippen LogP contribution in [0, 0.1) is 0 Å². The van der Waals surface area contributed by atoms with Gasteiger partial charge in [-0.15, -0.1) is 0 Å². The summed E-state index contributed by atoms with van der Waals surface area (Å²) in [6.07, 6.45) is 0. The minimum Gasteiger partial charge on any atom is -0.318 e. The Bertz CT molecular complexity index is 566. The number of carbonyl (C=O) groups is 2. The van der Waals surface area contributed by atoms with Gasteiger partial charge in [0.15, 0.2) is 0 Å². The van der Waals surface area contributed by atoms with Crippen molar-refractivity contribution in [1.82, 2.24) is 0 Å². The van der Waals surface area contributed by atoms with Crippen LogP contribution in [0.2, 0.25) is 0 Å². The van der Waals surface area contributed by atoms with Gasteiger partial charge < -0.3 is 5.32 Å². The highest BCUT2D eigenvalue weighted by Crippen LogP contribution is 2.18. The average Bonchev–Trinajstić information content (AvgIpc) is 2.28. The molecule has 80 valence electrons. The van der Waals surface area contributed by atoms with Gasteiger partial charge in [-0.2, -0.15) is 0 Å². The third-order valence-electron chi connectivity index (χ3n) is 2.19. The lowest BCUT2D eigenvalue weighted by molar-refractivity contribution is -0.130. The lowest BCUT2D eigenvalue weighted by Gasteiger charge is -2.03. The maximum Gasteiger partial charge on any atom is 0.310 e. The van der Waals surface area contributed by atoms with Gasteiger partial charge in [-0.25, -0.2) is 0 Å². The summed E-state index contributed by atoms with van der Waals surface area (Å²) in [4.78, 5) is 21.6. The Labute approximate surface area is 97.0 Å². The Hall–Kier alpha value is -1.87. The molecule has 4 heteroatoms. The first-order valence-corrected chi connectivity index (χ1v) is 5.04. The van der Waals surface area contributed by atoms with Crippen molar-refractivity contribution in [3.63, 3.8) is 0 Å². The molecule has 1 amide bonds. The van der Waals surface area contributed by atoms with Crippen LogP contribution in [0.4, 0.5) is 5.69 Å². The van der Waals surface area contributed by atoms with E-state index in [2.05, 4.69) is 5.32 Å². The molecule has 0 bridgehead atoms. The number of fused-ring (bicyclic) bond motifs is 1. The highest BCUT2D eigenvalue weighted by Gasteiger charge is 2.09. The minimum absolute atomic E-state index is 0.553. The van der Waals surface area contributed by atoms with Crippen molar-refractivity contribution in [2.45, 2.75) is 0 Å². The van der Waals surface area contributed by atoms with Crippen LogP contribution in [0.15, 0.2) is 42.5 Å². The number of carbonyl (C=O) groups excluding carboxylic acids is 2. The normalized spacial score (nSPS) is 10.1. The molecule has 0 unspecified atom stereocenters. The smallest absolute Gasteiger partial charge is 0.310 e. The van der Waals surface area contributed by atoms with E-state index in [1.807, 2.05) is 30.3 Å². The van der Waals surface area contributed by atoms with Crippen molar-refractivity contribution >= 4 is 39.2 Å². The van der Waals surface area contributed by atoms with Crippen molar-refractivity contribution in [2.75, 3.05) is 5.32 Å². The predicted molar refractivity (Wildman–Crippen MR) is 63.4 cm³/mol. The summed E-state index contributed by atoms with van der Waals surface area (Å²) >= 11 is 5.05. The monoisotopic (exact) mass is 233 g/mol. The lowest BCUT2D eigenvalue weighted by atomic mass is 10.1. The van der Waals surface area contributed by atoms with Crippen molar-refractivity contribution in [2.24, 2.45) is 0 Å². The fraction of sp³-hybridized carbons (Fsp3) is 0. The largest absolute Gasteiger partial charge is 0.318 e. The Morgan fingerprint density at radius 1 is 1.00 bits per heavy atom. The Kier molecular flexibility index (Phi) is 2.88. The first-order valence-electron chi connectivity index (χ1n) is 4.66. The molecule has 0 aromatic heterocycles. The second-order valence-corrected chi connectivity index (χ2v) is 3.63. The van der Waals surface area contributed by atoms with Gasteiger partial charge in [-0.3, -0.25) is 9.59 Å². The molecule has 0 aliphatic heterocycles. The van der Waals surface area contributed by atoms with E-state index in [0.29, 0.717) is 5.69 Å². The van der Waals surface area contributed by atoms with Crippen LogP contribution in [0.5, 0.6) is 0 Å². The zero-order chi connectivity index (χ0) is 11.5. The average molecular weight is 234 g/mol. The summed E-state index contributed by atoms with van der Waals surface area (Å²) in [6.45, 7) is 0.